The Labute approximate surface area is 136 Å². The Morgan fingerprint density at radius 3 is 2.35 bits per heavy atom. The molecule has 0 saturated carbocycles. The Kier molecular flexibility index (Phi) is 4.26. The maximum absolute atomic E-state index is 13.0. The molecule has 23 heavy (non-hydrogen) atoms. The van der Waals surface area contributed by atoms with E-state index in [0.717, 1.165) is 49.3 Å². The molecule has 0 spiro atoms. The van der Waals surface area contributed by atoms with Gasteiger partial charge < -0.3 is 4.90 Å². The molecule has 3 rings (SSSR count). The van der Waals surface area contributed by atoms with E-state index in [2.05, 4.69) is 9.62 Å². The van der Waals surface area contributed by atoms with Gasteiger partial charge in [0.1, 0.15) is 5.82 Å². The maximum atomic E-state index is 13.0. The van der Waals surface area contributed by atoms with Gasteiger partial charge in [-0.25, -0.2) is 12.8 Å². The summed E-state index contributed by atoms with van der Waals surface area (Å²) in [7, 11) is -3.73. The lowest BCUT2D eigenvalue weighted by Crippen LogP contribution is -2.19. The van der Waals surface area contributed by atoms with Crippen LogP contribution in [-0.4, -0.2) is 21.5 Å². The highest BCUT2D eigenvalue weighted by molar-refractivity contribution is 7.92. The molecule has 0 amide bonds. The Bertz CT molecular complexity index is 798. The van der Waals surface area contributed by atoms with Crippen molar-refractivity contribution in [2.45, 2.75) is 24.7 Å². The van der Waals surface area contributed by atoms with Gasteiger partial charge in [0.15, 0.2) is 0 Å². The fourth-order valence-electron chi connectivity index (χ4n) is 2.71. The van der Waals surface area contributed by atoms with Crippen molar-refractivity contribution in [3.63, 3.8) is 0 Å². The van der Waals surface area contributed by atoms with E-state index in [1.807, 2.05) is 25.1 Å². The molecule has 0 aliphatic carbocycles. The van der Waals surface area contributed by atoms with Gasteiger partial charge in [-0.15, -0.1) is 0 Å². The summed E-state index contributed by atoms with van der Waals surface area (Å²) in [4.78, 5) is 2.29. The molecule has 0 radical (unpaired) electrons. The number of aryl methyl sites for hydroxylation is 1. The van der Waals surface area contributed by atoms with E-state index in [4.69, 9.17) is 0 Å². The van der Waals surface area contributed by atoms with Crippen LogP contribution in [-0.2, 0) is 10.0 Å². The molecule has 1 aliphatic rings. The fourth-order valence-corrected chi connectivity index (χ4v) is 3.83. The zero-order valence-corrected chi connectivity index (χ0v) is 13.7. The fraction of sp³-hybridized carbons (Fsp3) is 0.294. The van der Waals surface area contributed by atoms with E-state index in [1.165, 1.54) is 12.1 Å². The Hall–Kier alpha value is -2.08. The summed E-state index contributed by atoms with van der Waals surface area (Å²) in [5, 5.41) is 0. The molecule has 122 valence electrons. The molecule has 4 nitrogen and oxygen atoms in total. The Balaban J connectivity index is 1.89. The highest BCUT2D eigenvalue weighted by atomic mass is 32.2. The lowest BCUT2D eigenvalue weighted by atomic mass is 10.2. The van der Waals surface area contributed by atoms with Crippen LogP contribution in [0.4, 0.5) is 15.8 Å². The maximum Gasteiger partial charge on any atom is 0.261 e. The summed E-state index contributed by atoms with van der Waals surface area (Å²) < 4.78 is 40.5. The molecule has 0 aromatic heterocycles. The highest BCUT2D eigenvalue weighted by Crippen LogP contribution is 2.27. The van der Waals surface area contributed by atoms with Crippen molar-refractivity contribution in [3.8, 4) is 0 Å². The van der Waals surface area contributed by atoms with Gasteiger partial charge in [-0.1, -0.05) is 6.07 Å². The zero-order chi connectivity index (χ0) is 16.4. The Morgan fingerprint density at radius 1 is 1.04 bits per heavy atom. The molecular formula is C17H19FN2O2S. The van der Waals surface area contributed by atoms with E-state index < -0.39 is 15.8 Å². The molecule has 1 heterocycles. The minimum absolute atomic E-state index is 0.0462. The number of hydrogen-bond donors (Lipinski definition) is 1. The van der Waals surface area contributed by atoms with E-state index >= 15 is 0 Å². The van der Waals surface area contributed by atoms with Crippen LogP contribution < -0.4 is 9.62 Å². The van der Waals surface area contributed by atoms with Crippen molar-refractivity contribution >= 4 is 21.4 Å². The van der Waals surface area contributed by atoms with Crippen LogP contribution in [0.15, 0.2) is 47.4 Å². The van der Waals surface area contributed by atoms with Crippen molar-refractivity contribution in [2.75, 3.05) is 22.7 Å². The van der Waals surface area contributed by atoms with E-state index in [1.54, 1.807) is 0 Å². The third-order valence-electron chi connectivity index (χ3n) is 4.06. The first-order valence-corrected chi connectivity index (χ1v) is 9.08. The summed E-state index contributed by atoms with van der Waals surface area (Å²) in [6, 6.07) is 10.6. The van der Waals surface area contributed by atoms with Gasteiger partial charge in [-0.05, 0) is 61.7 Å². The third-order valence-corrected chi connectivity index (χ3v) is 5.44. The van der Waals surface area contributed by atoms with Crippen molar-refractivity contribution in [2.24, 2.45) is 0 Å². The number of sulfonamides is 1. The molecule has 1 aliphatic heterocycles. The number of hydrogen-bond acceptors (Lipinski definition) is 3. The second-order valence-electron chi connectivity index (χ2n) is 5.75. The molecule has 0 bridgehead atoms. The lowest BCUT2D eigenvalue weighted by molar-refractivity contribution is 0.599. The monoisotopic (exact) mass is 334 g/mol. The van der Waals surface area contributed by atoms with Gasteiger partial charge in [0, 0.05) is 18.8 Å². The average molecular weight is 334 g/mol. The molecular weight excluding hydrogens is 315 g/mol. The number of benzene rings is 2. The molecule has 2 aromatic carbocycles. The predicted molar refractivity (Wildman–Crippen MR) is 89.8 cm³/mol. The highest BCUT2D eigenvalue weighted by Gasteiger charge is 2.18. The minimum Gasteiger partial charge on any atom is -0.371 e. The quantitative estimate of drug-likeness (QED) is 0.930. The largest absolute Gasteiger partial charge is 0.371 e. The molecule has 0 unspecified atom stereocenters. The summed E-state index contributed by atoms with van der Waals surface area (Å²) in [6.07, 6.45) is 2.31. The number of nitrogens with one attached hydrogen (secondary N) is 1. The van der Waals surface area contributed by atoms with Crippen LogP contribution in [0.5, 0.6) is 0 Å². The smallest absolute Gasteiger partial charge is 0.261 e. The standard InChI is InChI=1S/C17H19FN2O2S/c1-13-4-7-15(20-10-2-3-11-20)12-17(13)19-23(21,22)16-8-5-14(18)6-9-16/h4-9,12,19H,2-3,10-11H2,1H3. The number of nitrogens with zero attached hydrogens (tertiary/aromatic N) is 1. The van der Waals surface area contributed by atoms with E-state index in [0.29, 0.717) is 5.69 Å². The summed E-state index contributed by atoms with van der Waals surface area (Å²) in [6.45, 7) is 3.84. The van der Waals surface area contributed by atoms with Crippen LogP contribution in [0.1, 0.15) is 18.4 Å². The van der Waals surface area contributed by atoms with Crippen LogP contribution in [0, 0.1) is 12.7 Å². The van der Waals surface area contributed by atoms with Gasteiger partial charge in [-0.3, -0.25) is 4.72 Å². The van der Waals surface area contributed by atoms with Crippen LogP contribution >= 0.6 is 0 Å². The molecule has 0 atom stereocenters. The first-order valence-electron chi connectivity index (χ1n) is 7.60. The van der Waals surface area contributed by atoms with Gasteiger partial charge >= 0.3 is 0 Å². The zero-order valence-electron chi connectivity index (χ0n) is 12.9. The SMILES string of the molecule is Cc1ccc(N2CCCC2)cc1NS(=O)(=O)c1ccc(F)cc1. The first-order chi connectivity index (χ1) is 11.0. The van der Waals surface area contributed by atoms with Crippen LogP contribution in [0.3, 0.4) is 0 Å². The normalized spacial score (nSPS) is 15.0. The van der Waals surface area contributed by atoms with Crippen molar-refractivity contribution < 1.29 is 12.8 Å². The second kappa shape index (κ2) is 6.20. The van der Waals surface area contributed by atoms with Crippen LogP contribution in [0.25, 0.3) is 0 Å². The van der Waals surface area contributed by atoms with Gasteiger partial charge in [0.05, 0.1) is 10.6 Å². The van der Waals surface area contributed by atoms with E-state index in [9.17, 15) is 12.8 Å². The van der Waals surface area contributed by atoms with Crippen molar-refractivity contribution in [3.05, 3.63) is 53.8 Å². The summed E-state index contributed by atoms with van der Waals surface area (Å²) in [5.41, 5.74) is 2.42. The van der Waals surface area contributed by atoms with E-state index in [-0.39, 0.29) is 4.90 Å². The summed E-state index contributed by atoms with van der Waals surface area (Å²) in [5.74, 6) is -0.462. The molecule has 1 saturated heterocycles. The number of halogens is 1. The van der Waals surface area contributed by atoms with Crippen molar-refractivity contribution in [1.82, 2.24) is 0 Å². The minimum atomic E-state index is -3.73. The third kappa shape index (κ3) is 3.47. The average Bonchev–Trinajstić information content (AvgIpc) is 3.04. The van der Waals surface area contributed by atoms with Crippen LogP contribution in [0.2, 0.25) is 0 Å². The van der Waals surface area contributed by atoms with Gasteiger partial charge in [0.25, 0.3) is 10.0 Å². The predicted octanol–water partition coefficient (Wildman–Crippen LogP) is 3.54. The lowest BCUT2D eigenvalue weighted by Gasteiger charge is -2.20. The van der Waals surface area contributed by atoms with Gasteiger partial charge in [-0.2, -0.15) is 0 Å². The second-order valence-corrected chi connectivity index (χ2v) is 7.44. The van der Waals surface area contributed by atoms with Crippen molar-refractivity contribution in [1.29, 1.82) is 0 Å². The number of anilines is 2. The molecule has 1 N–H and O–H groups in total. The topological polar surface area (TPSA) is 49.4 Å². The first kappa shape index (κ1) is 15.8. The molecule has 6 heteroatoms. The Morgan fingerprint density at radius 2 is 1.70 bits per heavy atom. The van der Waals surface area contributed by atoms with Gasteiger partial charge in [0.2, 0.25) is 0 Å². The molecule has 1 fully saturated rings. The molecule has 2 aromatic rings. The number of rotatable bonds is 4. The summed E-state index contributed by atoms with van der Waals surface area (Å²) >= 11 is 0.